The molecule has 0 amide bonds. The average molecular weight is 563 g/mol. The number of piperidine rings is 1. The van der Waals surface area contributed by atoms with Crippen LogP contribution >= 0.6 is 11.3 Å². The molecule has 13 heteroatoms. The Morgan fingerprint density at radius 2 is 1.95 bits per heavy atom. The van der Waals surface area contributed by atoms with Gasteiger partial charge < -0.3 is 19.5 Å². The number of hydrogen-bond acceptors (Lipinski definition) is 11. The number of aryl methyl sites for hydroxylation is 1. The molecule has 0 radical (unpaired) electrons. The van der Waals surface area contributed by atoms with Gasteiger partial charge in [-0.2, -0.15) is 0 Å². The number of aliphatic hydroxyl groups excluding tert-OH is 1. The molecule has 2 aliphatic heterocycles. The number of fused-ring (bicyclic) bond motifs is 1. The standard InChI is InChI=1S/C25H34N6O5S2/c1-16-19(14-30-6-4-17(15-32)5-7-30)22-23(37-16)21(27-25(28-22)31-8-10-36-11-9-31)18-12-20(29-38(3,33)34)24(35-2)26-13-18/h12-13,17,29,32H,4-11,14-15H2,1-3H3. The number of aromatic nitrogens is 3. The highest BCUT2D eigenvalue weighted by Gasteiger charge is 2.25. The van der Waals surface area contributed by atoms with Crippen molar-refractivity contribution in [3.8, 4) is 17.1 Å². The summed E-state index contributed by atoms with van der Waals surface area (Å²) in [5.74, 6) is 1.19. The summed E-state index contributed by atoms with van der Waals surface area (Å²) in [5, 5.41) is 9.53. The summed E-state index contributed by atoms with van der Waals surface area (Å²) in [7, 11) is -2.09. The van der Waals surface area contributed by atoms with Crippen LogP contribution in [0.3, 0.4) is 0 Å². The van der Waals surface area contributed by atoms with Crippen molar-refractivity contribution in [1.29, 1.82) is 0 Å². The fraction of sp³-hybridized carbons (Fsp3) is 0.560. The Morgan fingerprint density at radius 1 is 1.21 bits per heavy atom. The lowest BCUT2D eigenvalue weighted by atomic mass is 9.97. The fourth-order valence-corrected chi connectivity index (χ4v) is 6.64. The van der Waals surface area contributed by atoms with Gasteiger partial charge in [0.2, 0.25) is 21.9 Å². The van der Waals surface area contributed by atoms with E-state index in [0.717, 1.165) is 48.9 Å². The van der Waals surface area contributed by atoms with E-state index in [1.165, 1.54) is 17.6 Å². The van der Waals surface area contributed by atoms with Crippen LogP contribution in [0.2, 0.25) is 0 Å². The van der Waals surface area contributed by atoms with Crippen LogP contribution in [0.4, 0.5) is 11.6 Å². The Hall–Kier alpha value is -2.58. The van der Waals surface area contributed by atoms with Crippen LogP contribution in [0, 0.1) is 12.8 Å². The zero-order valence-corrected chi connectivity index (χ0v) is 23.6. The van der Waals surface area contributed by atoms with Crippen LogP contribution in [0.1, 0.15) is 23.3 Å². The second kappa shape index (κ2) is 11.3. The zero-order chi connectivity index (χ0) is 26.9. The van der Waals surface area contributed by atoms with Gasteiger partial charge in [-0.3, -0.25) is 9.62 Å². The summed E-state index contributed by atoms with van der Waals surface area (Å²) in [4.78, 5) is 20.2. The molecule has 2 aliphatic rings. The van der Waals surface area contributed by atoms with Crippen molar-refractivity contribution in [2.45, 2.75) is 26.3 Å². The van der Waals surface area contributed by atoms with E-state index in [0.29, 0.717) is 49.4 Å². The summed E-state index contributed by atoms with van der Waals surface area (Å²) in [5.41, 5.74) is 3.74. The molecule has 0 aromatic carbocycles. The topological polar surface area (TPSA) is 130 Å². The van der Waals surface area contributed by atoms with Gasteiger partial charge in [0, 0.05) is 48.4 Å². The molecule has 2 saturated heterocycles. The molecule has 11 nitrogen and oxygen atoms in total. The first kappa shape index (κ1) is 27.0. The number of nitrogens with zero attached hydrogens (tertiary/aromatic N) is 5. The first-order valence-corrected chi connectivity index (χ1v) is 15.4. The number of sulfonamides is 1. The van der Waals surface area contributed by atoms with Crippen molar-refractivity contribution >= 4 is 43.2 Å². The van der Waals surface area contributed by atoms with Crippen LogP contribution in [-0.4, -0.2) is 92.7 Å². The van der Waals surface area contributed by atoms with Gasteiger partial charge in [-0.25, -0.2) is 23.4 Å². The number of pyridine rings is 1. The Morgan fingerprint density at radius 3 is 2.61 bits per heavy atom. The first-order chi connectivity index (χ1) is 18.3. The number of anilines is 2. The van der Waals surface area contributed by atoms with E-state index < -0.39 is 10.0 Å². The Labute approximate surface area is 226 Å². The van der Waals surface area contributed by atoms with Crippen molar-refractivity contribution in [2.75, 3.05) is 69.0 Å². The average Bonchev–Trinajstić information content (AvgIpc) is 3.22. The van der Waals surface area contributed by atoms with Crippen LogP contribution in [-0.2, 0) is 21.3 Å². The number of rotatable bonds is 8. The number of thiophene rings is 1. The van der Waals surface area contributed by atoms with Crippen LogP contribution in [0.25, 0.3) is 21.5 Å². The number of ether oxygens (including phenoxy) is 2. The highest BCUT2D eigenvalue weighted by atomic mass is 32.2. The van der Waals surface area contributed by atoms with Gasteiger partial charge in [-0.05, 0) is 44.8 Å². The number of aliphatic hydroxyl groups is 1. The lowest BCUT2D eigenvalue weighted by Gasteiger charge is -2.31. The van der Waals surface area contributed by atoms with Gasteiger partial charge >= 0.3 is 0 Å². The molecule has 0 aliphatic carbocycles. The van der Waals surface area contributed by atoms with Gasteiger partial charge in [-0.15, -0.1) is 11.3 Å². The lowest BCUT2D eigenvalue weighted by molar-refractivity contribution is 0.122. The van der Waals surface area contributed by atoms with Gasteiger partial charge in [0.1, 0.15) is 5.69 Å². The first-order valence-electron chi connectivity index (χ1n) is 12.7. The Kier molecular flexibility index (Phi) is 8.00. The molecular weight excluding hydrogens is 528 g/mol. The second-order valence-electron chi connectivity index (χ2n) is 9.84. The maximum Gasteiger partial charge on any atom is 0.238 e. The quantitative estimate of drug-likeness (QED) is 0.422. The molecule has 0 spiro atoms. The van der Waals surface area contributed by atoms with Gasteiger partial charge in [0.15, 0.2) is 0 Å². The minimum atomic E-state index is -3.54. The van der Waals surface area contributed by atoms with Crippen molar-refractivity contribution in [1.82, 2.24) is 19.9 Å². The molecule has 2 fully saturated rings. The number of morpholine rings is 1. The Balaban J connectivity index is 1.61. The third-order valence-electron chi connectivity index (χ3n) is 7.07. The molecule has 5 heterocycles. The van der Waals surface area contributed by atoms with Crippen molar-refractivity contribution in [2.24, 2.45) is 5.92 Å². The minimum Gasteiger partial charge on any atom is -0.480 e. The van der Waals surface area contributed by atoms with E-state index in [4.69, 9.17) is 19.4 Å². The van der Waals surface area contributed by atoms with Gasteiger partial charge in [-0.1, -0.05) is 0 Å². The summed E-state index contributed by atoms with van der Waals surface area (Å²) in [6, 6.07) is 1.71. The molecule has 2 N–H and O–H groups in total. The molecule has 38 heavy (non-hydrogen) atoms. The summed E-state index contributed by atoms with van der Waals surface area (Å²) >= 11 is 1.65. The molecule has 0 atom stereocenters. The van der Waals surface area contributed by atoms with Crippen LogP contribution in [0.15, 0.2) is 12.3 Å². The highest BCUT2D eigenvalue weighted by molar-refractivity contribution is 7.92. The lowest BCUT2D eigenvalue weighted by Crippen LogP contribution is -2.37. The van der Waals surface area contributed by atoms with E-state index in [-0.39, 0.29) is 18.2 Å². The summed E-state index contributed by atoms with van der Waals surface area (Å²) in [6.45, 7) is 7.64. The number of nitrogens with one attached hydrogen (secondary N) is 1. The maximum absolute atomic E-state index is 12.0. The fourth-order valence-electron chi connectivity index (χ4n) is 4.98. The molecule has 3 aromatic heterocycles. The normalized spacial score (nSPS) is 17.7. The number of methoxy groups -OCH3 is 1. The second-order valence-corrected chi connectivity index (χ2v) is 12.8. The predicted molar refractivity (Wildman–Crippen MR) is 149 cm³/mol. The van der Waals surface area contributed by atoms with E-state index in [1.807, 2.05) is 0 Å². The largest absolute Gasteiger partial charge is 0.480 e. The van der Waals surface area contributed by atoms with Gasteiger partial charge in [0.05, 0.1) is 42.5 Å². The molecule has 0 saturated carbocycles. The van der Waals surface area contributed by atoms with Crippen molar-refractivity contribution < 1.29 is 23.0 Å². The van der Waals surface area contributed by atoms with E-state index >= 15 is 0 Å². The number of hydrogen-bond donors (Lipinski definition) is 2. The molecule has 206 valence electrons. The monoisotopic (exact) mass is 562 g/mol. The predicted octanol–water partition coefficient (Wildman–Crippen LogP) is 2.48. The minimum absolute atomic E-state index is 0.187. The van der Waals surface area contributed by atoms with Crippen molar-refractivity contribution in [3.63, 3.8) is 0 Å². The smallest absolute Gasteiger partial charge is 0.238 e. The van der Waals surface area contributed by atoms with Gasteiger partial charge in [0.25, 0.3) is 0 Å². The van der Waals surface area contributed by atoms with E-state index in [9.17, 15) is 13.5 Å². The summed E-state index contributed by atoms with van der Waals surface area (Å²) < 4.78 is 38.3. The van der Waals surface area contributed by atoms with Crippen molar-refractivity contribution in [3.05, 3.63) is 22.7 Å². The van der Waals surface area contributed by atoms with Crippen LogP contribution in [0.5, 0.6) is 5.88 Å². The molecule has 5 rings (SSSR count). The Bertz CT molecular complexity index is 1400. The van der Waals surface area contributed by atoms with E-state index in [2.05, 4.69) is 26.4 Å². The molecule has 0 unspecified atom stereocenters. The third kappa shape index (κ3) is 5.86. The maximum atomic E-state index is 12.0. The molecule has 0 bridgehead atoms. The number of likely N-dealkylation sites (tertiary alicyclic amines) is 1. The zero-order valence-electron chi connectivity index (χ0n) is 21.9. The third-order valence-corrected chi connectivity index (χ3v) is 8.81. The molecular formula is C25H34N6O5S2. The van der Waals surface area contributed by atoms with E-state index in [1.54, 1.807) is 23.6 Å². The highest BCUT2D eigenvalue weighted by Crippen LogP contribution is 2.39. The summed E-state index contributed by atoms with van der Waals surface area (Å²) in [6.07, 6.45) is 4.73. The molecule has 3 aromatic rings. The van der Waals surface area contributed by atoms with Crippen LogP contribution < -0.4 is 14.4 Å². The SMILES string of the molecule is COc1ncc(-c2nc(N3CCOCC3)nc3c(CN4CCC(CO)CC4)c(C)sc23)cc1NS(C)(=O)=O.